The van der Waals surface area contributed by atoms with Crippen LogP contribution in [0.1, 0.15) is 31.1 Å². The molecule has 0 radical (unpaired) electrons. The first-order valence-electron chi connectivity index (χ1n) is 7.30. The Labute approximate surface area is 125 Å². The molecule has 1 heterocycles. The Kier molecular flexibility index (Phi) is 5.72. The van der Waals surface area contributed by atoms with Gasteiger partial charge in [0.2, 0.25) is 0 Å². The summed E-state index contributed by atoms with van der Waals surface area (Å²) in [5.41, 5.74) is 2.10. The molecule has 1 atom stereocenters. The van der Waals surface area contributed by atoms with Crippen molar-refractivity contribution in [3.05, 3.63) is 53.9 Å². The molecule has 0 amide bonds. The van der Waals surface area contributed by atoms with Gasteiger partial charge in [-0.3, -0.25) is 4.98 Å². The van der Waals surface area contributed by atoms with Gasteiger partial charge in [0.05, 0.1) is 11.9 Å². The van der Waals surface area contributed by atoms with Gasteiger partial charge in [0.25, 0.3) is 0 Å². The van der Waals surface area contributed by atoms with Crippen LogP contribution in [0.15, 0.2) is 42.6 Å². The van der Waals surface area contributed by atoms with Crippen LogP contribution < -0.4 is 10.1 Å². The van der Waals surface area contributed by atoms with Crippen molar-refractivity contribution in [3.63, 3.8) is 0 Å². The molecule has 0 aliphatic heterocycles. The lowest BCUT2D eigenvalue weighted by atomic mass is 10.1. The Morgan fingerprint density at radius 1 is 1.14 bits per heavy atom. The maximum absolute atomic E-state index is 8.89. The fourth-order valence-corrected chi connectivity index (χ4v) is 2.11. The van der Waals surface area contributed by atoms with Crippen molar-refractivity contribution in [2.24, 2.45) is 0 Å². The minimum absolute atomic E-state index is 0.162. The van der Waals surface area contributed by atoms with E-state index >= 15 is 0 Å². The maximum Gasteiger partial charge on any atom is 0.145 e. The van der Waals surface area contributed by atoms with E-state index in [1.54, 1.807) is 6.20 Å². The molecule has 0 aliphatic rings. The largest absolute Gasteiger partial charge is 0.456 e. The Morgan fingerprint density at radius 2 is 1.86 bits per heavy atom. The summed E-state index contributed by atoms with van der Waals surface area (Å²) >= 11 is 0. The molecule has 4 nitrogen and oxygen atoms in total. The number of aromatic nitrogens is 1. The molecule has 2 rings (SSSR count). The molecule has 0 fully saturated rings. The number of ether oxygens (including phenoxy) is 1. The zero-order valence-corrected chi connectivity index (χ0v) is 12.5. The van der Waals surface area contributed by atoms with Crippen LogP contribution in [0.3, 0.4) is 0 Å². The molecule has 1 unspecified atom stereocenters. The van der Waals surface area contributed by atoms with E-state index in [0.29, 0.717) is 6.42 Å². The van der Waals surface area contributed by atoms with E-state index in [0.717, 1.165) is 29.3 Å². The van der Waals surface area contributed by atoms with Crippen molar-refractivity contribution < 1.29 is 9.84 Å². The first-order valence-corrected chi connectivity index (χ1v) is 7.30. The average Bonchev–Trinajstić information content (AvgIpc) is 2.50. The van der Waals surface area contributed by atoms with Gasteiger partial charge in [-0.25, -0.2) is 0 Å². The number of aliphatic hydroxyl groups excluding tert-OH is 1. The van der Waals surface area contributed by atoms with Gasteiger partial charge in [-0.15, -0.1) is 0 Å². The van der Waals surface area contributed by atoms with Gasteiger partial charge in [-0.05, 0) is 49.7 Å². The molecule has 112 valence electrons. The first kappa shape index (κ1) is 15.5. The third-order valence-electron chi connectivity index (χ3n) is 3.27. The second-order valence-electron chi connectivity index (χ2n) is 4.92. The molecule has 21 heavy (non-hydrogen) atoms. The third kappa shape index (κ3) is 4.55. The van der Waals surface area contributed by atoms with Gasteiger partial charge < -0.3 is 15.2 Å². The second-order valence-corrected chi connectivity index (χ2v) is 4.92. The second kappa shape index (κ2) is 7.76. The lowest BCUT2D eigenvalue weighted by Gasteiger charge is -2.12. The van der Waals surface area contributed by atoms with E-state index < -0.39 is 0 Å². The summed E-state index contributed by atoms with van der Waals surface area (Å²) in [6.07, 6.45) is 2.41. The lowest BCUT2D eigenvalue weighted by molar-refractivity contribution is 0.299. The van der Waals surface area contributed by atoms with Crippen molar-refractivity contribution in [1.82, 2.24) is 10.3 Å². The molecule has 1 aromatic heterocycles. The van der Waals surface area contributed by atoms with Gasteiger partial charge in [0, 0.05) is 12.6 Å². The fourth-order valence-electron chi connectivity index (χ4n) is 2.11. The number of hydrogen-bond donors (Lipinski definition) is 2. The van der Waals surface area contributed by atoms with Gasteiger partial charge in [0.15, 0.2) is 0 Å². The van der Waals surface area contributed by atoms with Gasteiger partial charge >= 0.3 is 0 Å². The van der Waals surface area contributed by atoms with Crippen molar-refractivity contribution in [2.45, 2.75) is 26.3 Å². The third-order valence-corrected chi connectivity index (χ3v) is 3.27. The highest BCUT2D eigenvalue weighted by molar-refractivity contribution is 5.32. The highest BCUT2D eigenvalue weighted by atomic mass is 16.5. The number of hydrogen-bond acceptors (Lipinski definition) is 4. The van der Waals surface area contributed by atoms with Crippen molar-refractivity contribution in [3.8, 4) is 11.5 Å². The normalized spacial score (nSPS) is 12.1. The van der Waals surface area contributed by atoms with Crippen LogP contribution in [-0.2, 0) is 6.42 Å². The quantitative estimate of drug-likeness (QED) is 0.821. The average molecular weight is 286 g/mol. The smallest absolute Gasteiger partial charge is 0.145 e. The highest BCUT2D eigenvalue weighted by Crippen LogP contribution is 2.22. The van der Waals surface area contributed by atoms with Crippen LogP contribution in [0.25, 0.3) is 0 Å². The van der Waals surface area contributed by atoms with Crippen LogP contribution >= 0.6 is 0 Å². The number of benzene rings is 1. The Bertz CT molecular complexity index is 538. The van der Waals surface area contributed by atoms with E-state index in [-0.39, 0.29) is 12.6 Å². The molecular weight excluding hydrogens is 264 g/mol. The van der Waals surface area contributed by atoms with Gasteiger partial charge in [-0.1, -0.05) is 19.1 Å². The van der Waals surface area contributed by atoms with Gasteiger partial charge in [-0.2, -0.15) is 0 Å². The standard InChI is InChI=1S/C17H22N2O2/c1-3-18-13(2)17-9-8-16(12-19-17)21-15-6-4-14(5-7-15)10-11-20/h4-9,12-13,18,20H,3,10-11H2,1-2H3. The van der Waals surface area contributed by atoms with Crippen molar-refractivity contribution in [2.75, 3.05) is 13.2 Å². The fraction of sp³-hybridized carbons (Fsp3) is 0.353. The van der Waals surface area contributed by atoms with Crippen LogP contribution in [0.4, 0.5) is 0 Å². The molecule has 2 N–H and O–H groups in total. The number of rotatable bonds is 7. The Hall–Kier alpha value is -1.91. The van der Waals surface area contributed by atoms with Crippen LogP contribution in [0, 0.1) is 0 Å². The topological polar surface area (TPSA) is 54.4 Å². The lowest BCUT2D eigenvalue weighted by Crippen LogP contribution is -2.18. The van der Waals surface area contributed by atoms with Crippen LogP contribution in [-0.4, -0.2) is 23.2 Å². The Balaban J connectivity index is 1.99. The number of nitrogens with one attached hydrogen (secondary N) is 1. The van der Waals surface area contributed by atoms with Crippen molar-refractivity contribution >= 4 is 0 Å². The molecule has 0 saturated carbocycles. The maximum atomic E-state index is 8.89. The number of aliphatic hydroxyl groups is 1. The van der Waals surface area contributed by atoms with Crippen LogP contribution in [0.5, 0.6) is 11.5 Å². The zero-order chi connectivity index (χ0) is 15.1. The van der Waals surface area contributed by atoms with Crippen LogP contribution in [0.2, 0.25) is 0 Å². The Morgan fingerprint density at radius 3 is 2.43 bits per heavy atom. The monoisotopic (exact) mass is 286 g/mol. The summed E-state index contributed by atoms with van der Waals surface area (Å²) in [6.45, 7) is 5.25. The summed E-state index contributed by atoms with van der Waals surface area (Å²) < 4.78 is 5.76. The molecule has 0 spiro atoms. The first-order chi connectivity index (χ1) is 10.2. The molecule has 0 saturated heterocycles. The minimum Gasteiger partial charge on any atom is -0.456 e. The SMILES string of the molecule is CCNC(C)c1ccc(Oc2ccc(CCO)cc2)cn1. The van der Waals surface area contributed by atoms with E-state index in [2.05, 4.69) is 24.1 Å². The zero-order valence-electron chi connectivity index (χ0n) is 12.5. The highest BCUT2D eigenvalue weighted by Gasteiger charge is 2.05. The molecule has 4 heteroatoms. The molecular formula is C17H22N2O2. The number of nitrogens with zero attached hydrogens (tertiary/aromatic N) is 1. The summed E-state index contributed by atoms with van der Waals surface area (Å²) in [4.78, 5) is 4.42. The summed E-state index contributed by atoms with van der Waals surface area (Å²) in [7, 11) is 0. The number of pyridine rings is 1. The predicted octanol–water partition coefficient (Wildman–Crippen LogP) is 3.08. The van der Waals surface area contributed by atoms with Gasteiger partial charge in [0.1, 0.15) is 11.5 Å². The molecule has 1 aromatic carbocycles. The predicted molar refractivity (Wildman–Crippen MR) is 83.6 cm³/mol. The van der Waals surface area contributed by atoms with E-state index in [1.807, 2.05) is 36.4 Å². The summed E-state index contributed by atoms with van der Waals surface area (Å²) in [5, 5.41) is 12.2. The van der Waals surface area contributed by atoms with E-state index in [9.17, 15) is 0 Å². The van der Waals surface area contributed by atoms with Crippen molar-refractivity contribution in [1.29, 1.82) is 0 Å². The summed E-state index contributed by atoms with van der Waals surface area (Å²) in [6, 6.07) is 11.9. The van der Waals surface area contributed by atoms with E-state index in [4.69, 9.17) is 9.84 Å². The van der Waals surface area contributed by atoms with E-state index in [1.165, 1.54) is 0 Å². The molecule has 2 aromatic rings. The summed E-state index contributed by atoms with van der Waals surface area (Å²) in [5.74, 6) is 1.49. The molecule has 0 bridgehead atoms. The minimum atomic E-state index is 0.162. The molecule has 0 aliphatic carbocycles.